The molecule has 0 bridgehead atoms. The first kappa shape index (κ1) is 23.0. The molecule has 3 aliphatic rings. The van der Waals surface area contributed by atoms with Crippen LogP contribution in [0.3, 0.4) is 0 Å². The molecule has 0 unspecified atom stereocenters. The molecular weight excluding hydrogens is 437 g/mol. The molecule has 1 saturated heterocycles. The van der Waals surface area contributed by atoms with E-state index in [0.29, 0.717) is 38.5 Å². The molecule has 0 atom stereocenters. The highest BCUT2D eigenvalue weighted by Gasteiger charge is 2.45. The van der Waals surface area contributed by atoms with Crippen LogP contribution in [0.5, 0.6) is 5.75 Å². The second kappa shape index (κ2) is 9.35. The normalized spacial score (nSPS) is 20.2. The molecule has 32 heavy (non-hydrogen) atoms. The van der Waals surface area contributed by atoms with Gasteiger partial charge in [-0.25, -0.2) is 22.3 Å². The van der Waals surface area contributed by atoms with Gasteiger partial charge >= 0.3 is 6.03 Å². The third-order valence-electron chi connectivity index (χ3n) is 6.31. The Morgan fingerprint density at radius 1 is 1.19 bits per heavy atom. The standard InChI is InChI=1S/C22H30FN3O5S/c23-18-7-6-17(14-19(18)31-15-16-4-5-16)32(29,30)25-22(10-11-22)9-2-1-3-12-26-13-8-20(27)24-21(26)28/h6-7,14,16,25H,1-5,8-13,15H2,(H,24,27,28). The molecule has 3 amide bonds. The molecule has 0 radical (unpaired) electrons. The maximum absolute atomic E-state index is 14.0. The minimum atomic E-state index is -3.78. The number of nitrogens with zero attached hydrogens (tertiary/aromatic N) is 1. The van der Waals surface area contributed by atoms with Crippen molar-refractivity contribution in [1.29, 1.82) is 0 Å². The quantitative estimate of drug-likeness (QED) is 0.460. The van der Waals surface area contributed by atoms with Gasteiger partial charge in [-0.3, -0.25) is 10.1 Å². The first-order chi connectivity index (χ1) is 15.3. The Balaban J connectivity index is 1.24. The van der Waals surface area contributed by atoms with Crippen molar-refractivity contribution >= 4 is 22.0 Å². The summed E-state index contributed by atoms with van der Waals surface area (Å²) in [6, 6.07) is 3.34. The van der Waals surface area contributed by atoms with E-state index < -0.39 is 21.4 Å². The van der Waals surface area contributed by atoms with Gasteiger partial charge < -0.3 is 9.64 Å². The first-order valence-corrected chi connectivity index (χ1v) is 12.8. The van der Waals surface area contributed by atoms with Gasteiger partial charge in [0.1, 0.15) is 0 Å². The molecule has 0 aromatic heterocycles. The Morgan fingerprint density at radius 3 is 2.66 bits per heavy atom. The van der Waals surface area contributed by atoms with E-state index in [2.05, 4.69) is 10.0 Å². The molecule has 1 aromatic carbocycles. The molecule has 8 nitrogen and oxygen atoms in total. The van der Waals surface area contributed by atoms with Gasteiger partial charge in [0.25, 0.3) is 0 Å². The molecule has 2 saturated carbocycles. The summed E-state index contributed by atoms with van der Waals surface area (Å²) in [4.78, 5) is 24.6. The van der Waals surface area contributed by atoms with Crippen molar-refractivity contribution in [3.63, 3.8) is 0 Å². The lowest BCUT2D eigenvalue weighted by Crippen LogP contribution is -2.49. The number of amides is 3. The Kier molecular flexibility index (Phi) is 6.71. The largest absolute Gasteiger partial charge is 0.490 e. The topological polar surface area (TPSA) is 105 Å². The number of carbonyl (C=O) groups excluding carboxylic acids is 2. The van der Waals surface area contributed by atoms with Crippen molar-refractivity contribution in [3.05, 3.63) is 24.0 Å². The van der Waals surface area contributed by atoms with Crippen LogP contribution in [0.2, 0.25) is 0 Å². The van der Waals surface area contributed by atoms with Crippen molar-refractivity contribution in [2.45, 2.75) is 68.2 Å². The lowest BCUT2D eigenvalue weighted by Gasteiger charge is -2.26. The third kappa shape index (κ3) is 5.98. The number of ether oxygens (including phenoxy) is 1. The number of hydrogen-bond donors (Lipinski definition) is 2. The van der Waals surface area contributed by atoms with E-state index in [1.165, 1.54) is 12.1 Å². The molecule has 2 N–H and O–H groups in total. The van der Waals surface area contributed by atoms with E-state index in [9.17, 15) is 22.4 Å². The maximum atomic E-state index is 14.0. The second-order valence-corrected chi connectivity index (χ2v) is 10.8. The summed E-state index contributed by atoms with van der Waals surface area (Å²) in [7, 11) is -3.78. The van der Waals surface area contributed by atoms with E-state index in [1.807, 2.05) is 0 Å². The van der Waals surface area contributed by atoms with Gasteiger partial charge in [0.05, 0.1) is 11.5 Å². The summed E-state index contributed by atoms with van der Waals surface area (Å²) >= 11 is 0. The smallest absolute Gasteiger partial charge is 0.324 e. The number of sulfonamides is 1. The fourth-order valence-electron chi connectivity index (χ4n) is 3.91. The van der Waals surface area contributed by atoms with Crippen LogP contribution in [0, 0.1) is 11.7 Å². The summed E-state index contributed by atoms with van der Waals surface area (Å²) in [5, 5.41) is 2.31. The van der Waals surface area contributed by atoms with E-state index >= 15 is 0 Å². The Morgan fingerprint density at radius 2 is 1.97 bits per heavy atom. The number of rotatable bonds is 12. The lowest BCUT2D eigenvalue weighted by atomic mass is 10.1. The number of halogens is 1. The van der Waals surface area contributed by atoms with Crippen molar-refractivity contribution in [2.24, 2.45) is 5.92 Å². The number of carbonyl (C=O) groups is 2. The molecule has 1 aliphatic heterocycles. The molecule has 1 heterocycles. The second-order valence-electron chi connectivity index (χ2n) is 9.13. The average Bonchev–Trinajstić information content (AvgIpc) is 3.66. The fraction of sp³-hybridized carbons (Fsp3) is 0.636. The summed E-state index contributed by atoms with van der Waals surface area (Å²) in [6.45, 7) is 1.43. The zero-order valence-electron chi connectivity index (χ0n) is 18.1. The molecule has 10 heteroatoms. The molecule has 3 fully saturated rings. The highest BCUT2D eigenvalue weighted by molar-refractivity contribution is 7.89. The van der Waals surface area contributed by atoms with Crippen LogP contribution in [0.25, 0.3) is 0 Å². The monoisotopic (exact) mass is 467 g/mol. The SMILES string of the molecule is O=C1CCN(CCCCCC2(NS(=O)(=O)c3ccc(F)c(OCC4CC4)c3)CC2)C(=O)N1. The first-order valence-electron chi connectivity index (χ1n) is 11.3. The molecule has 176 valence electrons. The van der Waals surface area contributed by atoms with Crippen LogP contribution >= 0.6 is 0 Å². The summed E-state index contributed by atoms with van der Waals surface area (Å²) < 4.78 is 48.1. The number of imide groups is 1. The van der Waals surface area contributed by atoms with E-state index in [-0.39, 0.29) is 22.6 Å². The van der Waals surface area contributed by atoms with Gasteiger partial charge in [0.2, 0.25) is 15.9 Å². The molecule has 4 rings (SSSR count). The molecular formula is C22H30FN3O5S. The maximum Gasteiger partial charge on any atom is 0.324 e. The number of hydrogen-bond acceptors (Lipinski definition) is 5. The average molecular weight is 468 g/mol. The van der Waals surface area contributed by atoms with E-state index in [1.54, 1.807) is 4.90 Å². The van der Waals surface area contributed by atoms with Crippen LogP contribution in [0.15, 0.2) is 23.1 Å². The number of urea groups is 1. The van der Waals surface area contributed by atoms with Crippen molar-refractivity contribution < 1.29 is 27.1 Å². The molecule has 2 aliphatic carbocycles. The van der Waals surface area contributed by atoms with Gasteiger partial charge in [-0.15, -0.1) is 0 Å². The number of nitrogens with one attached hydrogen (secondary N) is 2. The number of unbranched alkanes of at least 4 members (excludes halogenated alkanes) is 2. The van der Waals surface area contributed by atoms with Gasteiger partial charge in [0, 0.05) is 31.1 Å². The van der Waals surface area contributed by atoms with Crippen LogP contribution in [-0.2, 0) is 14.8 Å². The van der Waals surface area contributed by atoms with Crippen molar-refractivity contribution in [2.75, 3.05) is 19.7 Å². The number of benzene rings is 1. The predicted octanol–water partition coefficient (Wildman–Crippen LogP) is 2.93. The van der Waals surface area contributed by atoms with Crippen LogP contribution in [0.4, 0.5) is 9.18 Å². The summed E-state index contributed by atoms with van der Waals surface area (Å²) in [6.07, 6.45) is 7.20. The minimum Gasteiger partial charge on any atom is -0.490 e. The van der Waals surface area contributed by atoms with Gasteiger partial charge in [-0.1, -0.05) is 12.8 Å². The van der Waals surface area contributed by atoms with Crippen molar-refractivity contribution in [1.82, 2.24) is 14.9 Å². The van der Waals surface area contributed by atoms with Gasteiger partial charge in [0.15, 0.2) is 11.6 Å². The van der Waals surface area contributed by atoms with E-state index in [4.69, 9.17) is 4.74 Å². The van der Waals surface area contributed by atoms with Crippen molar-refractivity contribution in [3.8, 4) is 5.75 Å². The third-order valence-corrected chi connectivity index (χ3v) is 7.89. The van der Waals surface area contributed by atoms with Crippen LogP contribution in [-0.4, -0.2) is 50.5 Å². The van der Waals surface area contributed by atoms with Gasteiger partial charge in [-0.05, 0) is 56.6 Å². The van der Waals surface area contributed by atoms with Crippen LogP contribution in [0.1, 0.15) is 57.8 Å². The predicted molar refractivity (Wildman–Crippen MR) is 115 cm³/mol. The Labute approximate surface area is 187 Å². The highest BCUT2D eigenvalue weighted by atomic mass is 32.2. The highest BCUT2D eigenvalue weighted by Crippen LogP contribution is 2.41. The fourth-order valence-corrected chi connectivity index (χ4v) is 5.41. The zero-order chi connectivity index (χ0) is 22.8. The van der Waals surface area contributed by atoms with Gasteiger partial charge in [-0.2, -0.15) is 0 Å². The Bertz CT molecular complexity index is 976. The summed E-state index contributed by atoms with van der Waals surface area (Å²) in [5.74, 6) is -0.378. The molecule has 1 aromatic rings. The van der Waals surface area contributed by atoms with Crippen LogP contribution < -0.4 is 14.8 Å². The zero-order valence-corrected chi connectivity index (χ0v) is 18.9. The lowest BCUT2D eigenvalue weighted by molar-refractivity contribution is -0.121. The molecule has 0 spiro atoms. The minimum absolute atomic E-state index is 0.0154. The van der Waals surface area contributed by atoms with E-state index in [0.717, 1.165) is 51.0 Å². The Hall–Kier alpha value is -2.20. The summed E-state index contributed by atoms with van der Waals surface area (Å²) in [5.41, 5.74) is -0.447.